The van der Waals surface area contributed by atoms with Crippen LogP contribution in [0.4, 0.5) is 0 Å². The molecular weight excluding hydrogens is 184 g/mol. The van der Waals surface area contributed by atoms with Crippen molar-refractivity contribution in [3.63, 3.8) is 0 Å². The summed E-state index contributed by atoms with van der Waals surface area (Å²) in [5.41, 5.74) is 1.40. The Balaban J connectivity index is 1.93. The smallest absolute Gasteiger partial charge is 0.237 e. The Hall–Kier alpha value is -1.57. The summed E-state index contributed by atoms with van der Waals surface area (Å²) < 4.78 is 4.42. The Labute approximate surface area is 90.8 Å². The molecule has 0 unspecified atom stereocenters. The maximum Gasteiger partial charge on any atom is 0.243 e. The Morgan fingerprint density at radius 3 is 2.67 bits per heavy atom. The fraction of sp³-hybridized carbons (Fsp3) is 0.308. The van der Waals surface area contributed by atoms with E-state index in [1.54, 1.807) is 0 Å². The van der Waals surface area contributed by atoms with Crippen LogP contribution in [0.15, 0.2) is 49.1 Å². The molecule has 0 aliphatic heterocycles. The molecule has 0 aliphatic carbocycles. The van der Waals surface area contributed by atoms with E-state index in [1.165, 1.54) is 5.56 Å². The third kappa shape index (κ3) is 2.69. The maximum absolute atomic E-state index is 2.23. The maximum atomic E-state index is 2.23. The van der Waals surface area contributed by atoms with Gasteiger partial charge in [0.25, 0.3) is 0 Å². The minimum atomic E-state index is 1.04. The highest BCUT2D eigenvalue weighted by molar-refractivity contribution is 5.14. The Bertz CT molecular complexity index is 403. The third-order valence-electron chi connectivity index (χ3n) is 2.61. The molecule has 0 N–H and O–H groups in total. The number of imidazole rings is 1. The molecule has 0 saturated heterocycles. The quantitative estimate of drug-likeness (QED) is 0.669. The van der Waals surface area contributed by atoms with E-state index >= 15 is 0 Å². The average molecular weight is 201 g/mol. The Morgan fingerprint density at radius 1 is 1.20 bits per heavy atom. The molecule has 0 saturated carbocycles. The van der Waals surface area contributed by atoms with Gasteiger partial charge in [-0.2, -0.15) is 0 Å². The fourth-order valence-corrected chi connectivity index (χ4v) is 1.66. The van der Waals surface area contributed by atoms with Gasteiger partial charge in [-0.15, -0.1) is 0 Å². The molecule has 2 aromatic rings. The van der Waals surface area contributed by atoms with E-state index in [0.29, 0.717) is 0 Å². The first-order chi connectivity index (χ1) is 7.38. The molecule has 0 aliphatic rings. The summed E-state index contributed by atoms with van der Waals surface area (Å²) >= 11 is 0. The first kappa shape index (κ1) is 9.97. The van der Waals surface area contributed by atoms with Crippen molar-refractivity contribution in [3.8, 4) is 0 Å². The monoisotopic (exact) mass is 201 g/mol. The van der Waals surface area contributed by atoms with Crippen LogP contribution in [0.2, 0.25) is 0 Å². The molecule has 15 heavy (non-hydrogen) atoms. The Kier molecular flexibility index (Phi) is 3.18. The molecule has 0 fully saturated rings. The number of aryl methyl sites for hydroxylation is 3. The van der Waals surface area contributed by atoms with E-state index in [1.807, 2.05) is 0 Å². The van der Waals surface area contributed by atoms with Gasteiger partial charge in [-0.05, 0) is 12.5 Å². The lowest BCUT2D eigenvalue weighted by Crippen LogP contribution is -2.28. The first-order valence-electron chi connectivity index (χ1n) is 5.47. The summed E-state index contributed by atoms with van der Waals surface area (Å²) in [6.45, 7) is 4.25. The first-order valence-corrected chi connectivity index (χ1v) is 5.47. The molecule has 0 bridgehead atoms. The van der Waals surface area contributed by atoms with Crippen molar-refractivity contribution >= 4 is 0 Å². The van der Waals surface area contributed by atoms with Gasteiger partial charge in [-0.1, -0.05) is 30.3 Å². The molecule has 1 heterocycles. The van der Waals surface area contributed by atoms with Gasteiger partial charge in [-0.3, -0.25) is 0 Å². The minimum absolute atomic E-state index is 1.04. The second-order valence-corrected chi connectivity index (χ2v) is 3.72. The number of hydrogen-bond acceptors (Lipinski definition) is 0. The summed E-state index contributed by atoms with van der Waals surface area (Å²) in [5, 5.41) is 0. The zero-order chi connectivity index (χ0) is 10.5. The van der Waals surface area contributed by atoms with Gasteiger partial charge in [0.1, 0.15) is 12.4 Å². The molecule has 78 valence electrons. The topological polar surface area (TPSA) is 8.81 Å². The zero-order valence-electron chi connectivity index (χ0n) is 9.13. The van der Waals surface area contributed by atoms with Crippen LogP contribution in [-0.2, 0) is 19.5 Å². The van der Waals surface area contributed by atoms with Gasteiger partial charge in [0, 0.05) is 6.42 Å². The van der Waals surface area contributed by atoms with Crippen LogP contribution in [0.1, 0.15) is 12.5 Å². The summed E-state index contributed by atoms with van der Waals surface area (Å²) in [5.74, 6) is 0. The molecular formula is C13H17N2+. The minimum Gasteiger partial charge on any atom is -0.237 e. The fourth-order valence-electron chi connectivity index (χ4n) is 1.66. The molecule has 2 rings (SSSR count). The van der Waals surface area contributed by atoms with Crippen molar-refractivity contribution in [2.24, 2.45) is 0 Å². The van der Waals surface area contributed by atoms with Crippen molar-refractivity contribution in [1.82, 2.24) is 4.57 Å². The number of nitrogens with zero attached hydrogens (tertiary/aromatic N) is 2. The summed E-state index contributed by atoms with van der Waals surface area (Å²) in [6, 6.07) is 10.6. The highest BCUT2D eigenvalue weighted by Gasteiger charge is 2.01. The van der Waals surface area contributed by atoms with Crippen molar-refractivity contribution < 1.29 is 4.57 Å². The van der Waals surface area contributed by atoms with Crippen LogP contribution < -0.4 is 4.57 Å². The van der Waals surface area contributed by atoms with Gasteiger partial charge in [-0.25, -0.2) is 9.13 Å². The molecule has 1 aromatic carbocycles. The molecule has 0 radical (unpaired) electrons. The van der Waals surface area contributed by atoms with Crippen molar-refractivity contribution in [3.05, 3.63) is 54.6 Å². The second-order valence-electron chi connectivity index (χ2n) is 3.72. The van der Waals surface area contributed by atoms with Gasteiger partial charge < -0.3 is 0 Å². The lowest BCUT2D eigenvalue weighted by molar-refractivity contribution is -0.693. The molecule has 0 atom stereocenters. The number of hydrogen-bond donors (Lipinski definition) is 0. The largest absolute Gasteiger partial charge is 0.243 e. The predicted octanol–water partition coefficient (Wildman–Crippen LogP) is 2.04. The van der Waals surface area contributed by atoms with E-state index in [0.717, 1.165) is 19.5 Å². The molecule has 2 nitrogen and oxygen atoms in total. The van der Waals surface area contributed by atoms with Crippen molar-refractivity contribution in [2.75, 3.05) is 0 Å². The summed E-state index contributed by atoms with van der Waals surface area (Å²) in [6.07, 6.45) is 7.50. The second kappa shape index (κ2) is 4.78. The molecule has 1 aromatic heterocycles. The van der Waals surface area contributed by atoms with Crippen LogP contribution in [0.5, 0.6) is 0 Å². The third-order valence-corrected chi connectivity index (χ3v) is 2.61. The van der Waals surface area contributed by atoms with Crippen molar-refractivity contribution in [2.45, 2.75) is 26.4 Å². The van der Waals surface area contributed by atoms with Crippen molar-refractivity contribution in [1.29, 1.82) is 0 Å². The lowest BCUT2D eigenvalue weighted by atomic mass is 10.1. The van der Waals surface area contributed by atoms with Gasteiger partial charge in [0.05, 0.1) is 13.1 Å². The highest BCUT2D eigenvalue weighted by atomic mass is 15.1. The number of rotatable bonds is 4. The van der Waals surface area contributed by atoms with E-state index in [-0.39, 0.29) is 0 Å². The summed E-state index contributed by atoms with van der Waals surface area (Å²) in [7, 11) is 0. The predicted molar refractivity (Wildman–Crippen MR) is 60.4 cm³/mol. The lowest BCUT2D eigenvalue weighted by Gasteiger charge is -1.97. The average Bonchev–Trinajstić information content (AvgIpc) is 2.76. The standard InChI is InChI=1S/C13H17N2/c1-2-14-10-11-15(12-14)9-8-13-6-4-3-5-7-13/h3-7,10-12H,2,8-9H2,1H3/q+1. The highest BCUT2D eigenvalue weighted by Crippen LogP contribution is 2.01. The van der Waals surface area contributed by atoms with E-state index in [4.69, 9.17) is 0 Å². The van der Waals surface area contributed by atoms with Gasteiger partial charge in [0.15, 0.2) is 0 Å². The van der Waals surface area contributed by atoms with Gasteiger partial charge in [0.2, 0.25) is 6.33 Å². The molecule has 2 heteroatoms. The van der Waals surface area contributed by atoms with E-state index in [9.17, 15) is 0 Å². The van der Waals surface area contributed by atoms with Crippen LogP contribution in [-0.4, -0.2) is 4.57 Å². The van der Waals surface area contributed by atoms with Gasteiger partial charge >= 0.3 is 0 Å². The van der Waals surface area contributed by atoms with Crippen LogP contribution in [0.25, 0.3) is 0 Å². The van der Waals surface area contributed by atoms with E-state index < -0.39 is 0 Å². The molecule has 0 spiro atoms. The number of aromatic nitrogens is 2. The molecule has 0 amide bonds. The van der Waals surface area contributed by atoms with Crippen LogP contribution in [0, 0.1) is 0 Å². The summed E-state index contributed by atoms with van der Waals surface area (Å²) in [4.78, 5) is 0. The normalized spacial score (nSPS) is 10.5. The zero-order valence-corrected chi connectivity index (χ0v) is 9.13. The van der Waals surface area contributed by atoms with Crippen LogP contribution in [0.3, 0.4) is 0 Å². The van der Waals surface area contributed by atoms with Crippen LogP contribution >= 0.6 is 0 Å². The number of benzene rings is 1. The Morgan fingerprint density at radius 2 is 2.00 bits per heavy atom. The van der Waals surface area contributed by atoms with E-state index in [2.05, 4.69) is 65.1 Å². The SMILES string of the molecule is CC[n+]1ccn(CCc2ccccc2)c1.